The van der Waals surface area contributed by atoms with Crippen LogP contribution in [0.15, 0.2) is 60.7 Å². The smallest absolute Gasteiger partial charge is 0.182 e. The second kappa shape index (κ2) is 6.04. The maximum absolute atomic E-state index is 9.68. The molecule has 4 nitrogen and oxygen atoms in total. The van der Waals surface area contributed by atoms with Crippen molar-refractivity contribution in [2.75, 3.05) is 0 Å². The van der Waals surface area contributed by atoms with Gasteiger partial charge in [-0.3, -0.25) is 0 Å². The predicted octanol–water partition coefficient (Wildman–Crippen LogP) is 4.90. The number of pyridine rings is 1. The van der Waals surface area contributed by atoms with Crippen molar-refractivity contribution in [2.24, 2.45) is 0 Å². The molecule has 25 heavy (non-hydrogen) atoms. The Kier molecular flexibility index (Phi) is 3.72. The minimum absolute atomic E-state index is 0.451. The first-order valence-electron chi connectivity index (χ1n) is 7.80. The van der Waals surface area contributed by atoms with Gasteiger partial charge < -0.3 is 0 Å². The first-order valence-corrected chi connectivity index (χ1v) is 8.18. The van der Waals surface area contributed by atoms with Gasteiger partial charge in [-0.25, -0.2) is 4.98 Å². The van der Waals surface area contributed by atoms with E-state index in [0.717, 1.165) is 22.3 Å². The van der Waals surface area contributed by atoms with Gasteiger partial charge in [0.05, 0.1) is 0 Å². The Balaban J connectivity index is 2.06. The van der Waals surface area contributed by atoms with E-state index in [1.165, 1.54) is 0 Å². The number of fused-ring (bicyclic) bond motifs is 1. The molecule has 0 fully saturated rings. The summed E-state index contributed by atoms with van der Waals surface area (Å²) >= 11 is 6.66. The third kappa shape index (κ3) is 2.46. The van der Waals surface area contributed by atoms with Gasteiger partial charge in [-0.1, -0.05) is 72.3 Å². The quantitative estimate of drug-likeness (QED) is 0.486. The number of benzene rings is 2. The molecule has 0 bridgehead atoms. The van der Waals surface area contributed by atoms with Crippen molar-refractivity contribution in [3.05, 3.63) is 76.9 Å². The Morgan fingerprint density at radius 1 is 0.960 bits per heavy atom. The summed E-state index contributed by atoms with van der Waals surface area (Å²) in [6.45, 7) is 1.89. The molecule has 0 radical (unpaired) electrons. The number of hydrogen-bond acceptors (Lipinski definition) is 3. The minimum atomic E-state index is 0.451. The topological polar surface area (TPSA) is 54.0 Å². The lowest BCUT2D eigenvalue weighted by Gasteiger charge is -2.11. The molecular formula is C20H13ClN4. The molecule has 4 rings (SSSR count). The Hall–Kier alpha value is -3.16. The molecule has 4 aromatic rings. The van der Waals surface area contributed by atoms with E-state index in [9.17, 15) is 5.26 Å². The highest BCUT2D eigenvalue weighted by Crippen LogP contribution is 2.35. The average Bonchev–Trinajstić information content (AvgIpc) is 3.09. The summed E-state index contributed by atoms with van der Waals surface area (Å²) in [6.07, 6.45) is 0. The zero-order chi connectivity index (χ0) is 17.4. The van der Waals surface area contributed by atoms with Crippen LogP contribution in [0.4, 0.5) is 0 Å². The molecule has 0 aliphatic heterocycles. The van der Waals surface area contributed by atoms with E-state index in [2.05, 4.69) is 16.2 Å². The number of hydrogen-bond donors (Lipinski definition) is 0. The number of nitrogens with zero attached hydrogens (tertiary/aromatic N) is 4. The minimum Gasteiger partial charge on any atom is -0.206 e. The molecule has 5 heteroatoms. The van der Waals surface area contributed by atoms with E-state index in [1.807, 2.05) is 67.6 Å². The standard InChI is InChI=1S/C20H13ClN4/c1-13-16(12-22)20-23-19(15-10-6-3-7-11-15)24-25(20)18(21)17(13)14-8-4-2-5-9-14/h2-11H,1H3. The Labute approximate surface area is 149 Å². The van der Waals surface area contributed by atoms with Crippen LogP contribution in [0.5, 0.6) is 0 Å². The van der Waals surface area contributed by atoms with Crippen molar-refractivity contribution in [1.82, 2.24) is 14.6 Å². The van der Waals surface area contributed by atoms with Crippen LogP contribution in [0, 0.1) is 18.3 Å². The zero-order valence-corrected chi connectivity index (χ0v) is 14.2. The molecule has 2 aromatic heterocycles. The van der Waals surface area contributed by atoms with Gasteiger partial charge in [0.1, 0.15) is 16.8 Å². The van der Waals surface area contributed by atoms with Crippen molar-refractivity contribution >= 4 is 17.2 Å². The lowest BCUT2D eigenvalue weighted by Crippen LogP contribution is -2.00. The molecule has 2 aromatic carbocycles. The van der Waals surface area contributed by atoms with Crippen LogP contribution in [0.2, 0.25) is 5.15 Å². The van der Waals surface area contributed by atoms with E-state index in [4.69, 9.17) is 11.6 Å². The van der Waals surface area contributed by atoms with Gasteiger partial charge in [-0.2, -0.15) is 9.78 Å². The van der Waals surface area contributed by atoms with Crippen molar-refractivity contribution in [2.45, 2.75) is 6.92 Å². The van der Waals surface area contributed by atoms with Crippen LogP contribution in [0.3, 0.4) is 0 Å². The van der Waals surface area contributed by atoms with E-state index in [-0.39, 0.29) is 0 Å². The molecule has 0 N–H and O–H groups in total. The van der Waals surface area contributed by atoms with Gasteiger partial charge in [0.25, 0.3) is 0 Å². The third-order valence-corrected chi connectivity index (χ3v) is 4.53. The second-order valence-corrected chi connectivity index (χ2v) is 6.04. The monoisotopic (exact) mass is 344 g/mol. The van der Waals surface area contributed by atoms with E-state index >= 15 is 0 Å². The zero-order valence-electron chi connectivity index (χ0n) is 13.4. The fraction of sp³-hybridized carbons (Fsp3) is 0.0500. The fourth-order valence-corrected chi connectivity index (χ4v) is 3.32. The number of aromatic nitrogens is 3. The summed E-state index contributed by atoms with van der Waals surface area (Å²) in [7, 11) is 0. The highest BCUT2D eigenvalue weighted by atomic mass is 35.5. The maximum atomic E-state index is 9.68. The molecule has 2 heterocycles. The molecule has 0 atom stereocenters. The molecule has 0 saturated carbocycles. The van der Waals surface area contributed by atoms with Gasteiger partial charge >= 0.3 is 0 Å². The molecule has 0 aliphatic carbocycles. The second-order valence-electron chi connectivity index (χ2n) is 5.68. The van der Waals surface area contributed by atoms with Crippen LogP contribution in [0.1, 0.15) is 11.1 Å². The first kappa shape index (κ1) is 15.4. The number of rotatable bonds is 2. The van der Waals surface area contributed by atoms with Crippen LogP contribution in [-0.4, -0.2) is 14.6 Å². The van der Waals surface area contributed by atoms with E-state index < -0.39 is 0 Å². The van der Waals surface area contributed by atoms with Crippen LogP contribution in [0.25, 0.3) is 28.2 Å². The highest BCUT2D eigenvalue weighted by Gasteiger charge is 2.20. The molecule has 0 aliphatic rings. The lowest BCUT2D eigenvalue weighted by molar-refractivity contribution is 0.962. The van der Waals surface area contributed by atoms with Crippen molar-refractivity contribution in [3.8, 4) is 28.6 Å². The predicted molar refractivity (Wildman–Crippen MR) is 98.3 cm³/mol. The van der Waals surface area contributed by atoms with Gasteiger partial charge in [-0.15, -0.1) is 5.10 Å². The van der Waals surface area contributed by atoms with Gasteiger partial charge in [-0.05, 0) is 18.1 Å². The Morgan fingerprint density at radius 2 is 1.56 bits per heavy atom. The summed E-state index contributed by atoms with van der Waals surface area (Å²) in [5.41, 5.74) is 4.39. The third-order valence-electron chi connectivity index (χ3n) is 4.18. The lowest BCUT2D eigenvalue weighted by atomic mass is 9.99. The van der Waals surface area contributed by atoms with Crippen molar-refractivity contribution < 1.29 is 0 Å². The Morgan fingerprint density at radius 3 is 2.16 bits per heavy atom. The average molecular weight is 345 g/mol. The summed E-state index contributed by atoms with van der Waals surface area (Å²) in [4.78, 5) is 4.56. The molecular weight excluding hydrogens is 332 g/mol. The van der Waals surface area contributed by atoms with Crippen LogP contribution in [-0.2, 0) is 0 Å². The largest absolute Gasteiger partial charge is 0.206 e. The van der Waals surface area contributed by atoms with Crippen molar-refractivity contribution in [1.29, 1.82) is 5.26 Å². The molecule has 0 unspecified atom stereocenters. The van der Waals surface area contributed by atoms with Crippen LogP contribution >= 0.6 is 11.6 Å². The molecule has 120 valence electrons. The van der Waals surface area contributed by atoms with Gasteiger partial charge in [0.15, 0.2) is 11.5 Å². The van der Waals surface area contributed by atoms with E-state index in [0.29, 0.717) is 22.2 Å². The van der Waals surface area contributed by atoms with Gasteiger partial charge in [0.2, 0.25) is 0 Å². The Bertz CT molecular complexity index is 1110. The summed E-state index contributed by atoms with van der Waals surface area (Å²) in [5.74, 6) is 0.545. The fourth-order valence-electron chi connectivity index (χ4n) is 2.95. The molecule has 0 saturated heterocycles. The van der Waals surface area contributed by atoms with Gasteiger partial charge in [0, 0.05) is 11.1 Å². The number of nitriles is 1. The summed E-state index contributed by atoms with van der Waals surface area (Å²) in [5, 5.41) is 14.7. The molecule has 0 spiro atoms. The summed E-state index contributed by atoms with van der Waals surface area (Å²) in [6, 6.07) is 21.7. The summed E-state index contributed by atoms with van der Waals surface area (Å²) < 4.78 is 1.55. The van der Waals surface area contributed by atoms with E-state index in [1.54, 1.807) is 4.52 Å². The SMILES string of the molecule is Cc1c(-c2ccccc2)c(Cl)n2nc(-c3ccccc3)nc2c1C#N. The molecule has 0 amide bonds. The first-order chi connectivity index (χ1) is 12.2. The normalized spacial score (nSPS) is 10.8. The number of halogens is 1. The van der Waals surface area contributed by atoms with Crippen LogP contribution < -0.4 is 0 Å². The van der Waals surface area contributed by atoms with Crippen molar-refractivity contribution in [3.63, 3.8) is 0 Å². The maximum Gasteiger partial charge on any atom is 0.182 e. The highest BCUT2D eigenvalue weighted by molar-refractivity contribution is 6.32.